The molecule has 2 saturated heterocycles. The molecule has 144 valence electrons. The van der Waals surface area contributed by atoms with Gasteiger partial charge in [0.05, 0.1) is 11.2 Å². The first-order valence-electron chi connectivity index (χ1n) is 9.01. The van der Waals surface area contributed by atoms with Crippen LogP contribution < -0.4 is 4.90 Å². The molecule has 3 rings (SSSR count). The molecule has 26 heavy (non-hydrogen) atoms. The largest absolute Gasteiger partial charge is 0.348 e. The number of aromatic nitrogens is 2. The SMILES string of the molecule is CCS(=O)(=O)N1CCC[C@]2(C(=O)N(C)C)CN(c3ncccn3)C[C@@H]2C1. The fourth-order valence-corrected chi connectivity index (χ4v) is 5.41. The van der Waals surface area contributed by atoms with Gasteiger partial charge in [0.15, 0.2) is 0 Å². The van der Waals surface area contributed by atoms with Crippen molar-refractivity contribution in [1.82, 2.24) is 19.2 Å². The Balaban J connectivity index is 1.96. The number of fused-ring (bicyclic) bond motifs is 1. The number of carbonyl (C=O) groups is 1. The highest BCUT2D eigenvalue weighted by Gasteiger charge is 2.54. The van der Waals surface area contributed by atoms with E-state index in [9.17, 15) is 13.2 Å². The smallest absolute Gasteiger partial charge is 0.230 e. The van der Waals surface area contributed by atoms with E-state index in [4.69, 9.17) is 0 Å². The van der Waals surface area contributed by atoms with Gasteiger partial charge in [0.1, 0.15) is 0 Å². The van der Waals surface area contributed by atoms with Crippen molar-refractivity contribution in [2.75, 3.05) is 50.9 Å². The molecule has 0 radical (unpaired) electrons. The van der Waals surface area contributed by atoms with Crippen molar-refractivity contribution in [1.29, 1.82) is 0 Å². The molecule has 0 unspecified atom stereocenters. The molecule has 1 amide bonds. The van der Waals surface area contributed by atoms with Crippen LogP contribution in [0.1, 0.15) is 19.8 Å². The zero-order valence-corrected chi connectivity index (χ0v) is 16.4. The summed E-state index contributed by atoms with van der Waals surface area (Å²) in [4.78, 5) is 25.4. The Bertz CT molecular complexity index is 755. The molecule has 0 spiro atoms. The third-order valence-electron chi connectivity index (χ3n) is 5.57. The topological polar surface area (TPSA) is 86.7 Å². The summed E-state index contributed by atoms with van der Waals surface area (Å²) in [5, 5.41) is 0. The van der Waals surface area contributed by atoms with Crippen LogP contribution in [0.2, 0.25) is 0 Å². The first-order chi connectivity index (χ1) is 12.3. The summed E-state index contributed by atoms with van der Waals surface area (Å²) >= 11 is 0. The van der Waals surface area contributed by atoms with Crippen molar-refractivity contribution in [3.05, 3.63) is 18.5 Å². The second-order valence-corrected chi connectivity index (χ2v) is 9.60. The van der Waals surface area contributed by atoms with Crippen LogP contribution in [-0.2, 0) is 14.8 Å². The molecule has 2 fully saturated rings. The van der Waals surface area contributed by atoms with Crippen LogP contribution in [0.4, 0.5) is 5.95 Å². The summed E-state index contributed by atoms with van der Waals surface area (Å²) in [6.45, 7) is 3.63. The average molecular weight is 382 g/mol. The molecule has 0 aliphatic carbocycles. The Hall–Kier alpha value is -1.74. The summed E-state index contributed by atoms with van der Waals surface area (Å²) in [6.07, 6.45) is 4.72. The van der Waals surface area contributed by atoms with E-state index in [0.29, 0.717) is 45.0 Å². The van der Waals surface area contributed by atoms with E-state index >= 15 is 0 Å². The molecule has 1 aromatic heterocycles. The molecule has 2 aliphatic rings. The van der Waals surface area contributed by atoms with E-state index in [2.05, 4.69) is 9.97 Å². The number of anilines is 1. The van der Waals surface area contributed by atoms with Crippen LogP contribution >= 0.6 is 0 Å². The Morgan fingerprint density at radius 1 is 1.31 bits per heavy atom. The Labute approximate surface area is 155 Å². The molecule has 0 N–H and O–H groups in total. The Morgan fingerprint density at radius 3 is 2.62 bits per heavy atom. The number of hydrogen-bond donors (Lipinski definition) is 0. The lowest BCUT2D eigenvalue weighted by molar-refractivity contribution is -0.141. The molecule has 0 bridgehead atoms. The predicted molar refractivity (Wildman–Crippen MR) is 99.1 cm³/mol. The highest BCUT2D eigenvalue weighted by molar-refractivity contribution is 7.89. The summed E-state index contributed by atoms with van der Waals surface area (Å²) in [5.74, 6) is 0.665. The van der Waals surface area contributed by atoms with Crippen LogP contribution in [0.3, 0.4) is 0 Å². The van der Waals surface area contributed by atoms with Crippen LogP contribution in [0.15, 0.2) is 18.5 Å². The molecule has 3 heterocycles. The fourth-order valence-electron chi connectivity index (χ4n) is 4.24. The van der Waals surface area contributed by atoms with Gasteiger partial charge in [-0.25, -0.2) is 22.7 Å². The van der Waals surface area contributed by atoms with Crippen molar-refractivity contribution in [3.63, 3.8) is 0 Å². The van der Waals surface area contributed by atoms with Gasteiger partial charge in [-0.3, -0.25) is 4.79 Å². The summed E-state index contributed by atoms with van der Waals surface area (Å²) in [6, 6.07) is 1.76. The first kappa shape index (κ1) is 19.0. The highest BCUT2D eigenvalue weighted by Crippen LogP contribution is 2.45. The van der Waals surface area contributed by atoms with Gasteiger partial charge in [-0.15, -0.1) is 0 Å². The molecular formula is C17H27N5O3S. The van der Waals surface area contributed by atoms with Gasteiger partial charge >= 0.3 is 0 Å². The maximum atomic E-state index is 13.1. The third kappa shape index (κ3) is 3.29. The normalized spacial score (nSPS) is 27.0. The number of nitrogens with zero attached hydrogens (tertiary/aromatic N) is 5. The molecule has 1 aromatic rings. The number of carbonyl (C=O) groups excluding carboxylic acids is 1. The van der Waals surface area contributed by atoms with Crippen molar-refractivity contribution in [3.8, 4) is 0 Å². The average Bonchev–Trinajstić information content (AvgIpc) is 2.90. The highest BCUT2D eigenvalue weighted by atomic mass is 32.2. The minimum absolute atomic E-state index is 0.0664. The van der Waals surface area contributed by atoms with Crippen LogP contribution in [-0.4, -0.2) is 79.5 Å². The summed E-state index contributed by atoms with van der Waals surface area (Å²) in [5.41, 5.74) is -0.597. The van der Waals surface area contributed by atoms with Gasteiger partial charge in [-0.1, -0.05) is 0 Å². The predicted octanol–water partition coefficient (Wildman–Crippen LogP) is 0.433. The van der Waals surface area contributed by atoms with E-state index in [1.54, 1.807) is 48.7 Å². The zero-order valence-electron chi connectivity index (χ0n) is 15.6. The first-order valence-corrected chi connectivity index (χ1v) is 10.6. The molecule has 0 aromatic carbocycles. The van der Waals surface area contributed by atoms with Crippen molar-refractivity contribution in [2.45, 2.75) is 19.8 Å². The lowest BCUT2D eigenvalue weighted by Crippen LogP contribution is -2.47. The van der Waals surface area contributed by atoms with Gasteiger partial charge in [-0.2, -0.15) is 0 Å². The fraction of sp³-hybridized carbons (Fsp3) is 0.706. The maximum absolute atomic E-state index is 13.1. The van der Waals surface area contributed by atoms with Crippen LogP contribution in [0.25, 0.3) is 0 Å². The zero-order chi connectivity index (χ0) is 18.9. The van der Waals surface area contributed by atoms with E-state index in [-0.39, 0.29) is 17.6 Å². The maximum Gasteiger partial charge on any atom is 0.230 e. The van der Waals surface area contributed by atoms with Gasteiger partial charge in [0.2, 0.25) is 21.9 Å². The number of sulfonamides is 1. The van der Waals surface area contributed by atoms with Gasteiger partial charge in [0, 0.05) is 58.6 Å². The third-order valence-corrected chi connectivity index (χ3v) is 7.42. The Kier molecular flexibility index (Phi) is 5.21. The number of amides is 1. The second kappa shape index (κ2) is 7.11. The van der Waals surface area contributed by atoms with E-state index in [1.165, 1.54) is 0 Å². The summed E-state index contributed by atoms with van der Waals surface area (Å²) in [7, 11) is 0.251. The lowest BCUT2D eigenvalue weighted by Gasteiger charge is -2.34. The second-order valence-electron chi connectivity index (χ2n) is 7.34. The number of rotatable bonds is 4. The van der Waals surface area contributed by atoms with E-state index in [1.807, 2.05) is 4.90 Å². The van der Waals surface area contributed by atoms with Gasteiger partial charge in [-0.05, 0) is 25.8 Å². The minimum atomic E-state index is -3.28. The molecule has 9 heteroatoms. The van der Waals surface area contributed by atoms with Crippen LogP contribution in [0.5, 0.6) is 0 Å². The molecule has 2 atom stereocenters. The molecule has 0 saturated carbocycles. The number of hydrogen-bond acceptors (Lipinski definition) is 6. The van der Waals surface area contributed by atoms with Crippen molar-refractivity contribution < 1.29 is 13.2 Å². The van der Waals surface area contributed by atoms with Crippen LogP contribution in [0, 0.1) is 11.3 Å². The molecular weight excluding hydrogens is 354 g/mol. The quantitative estimate of drug-likeness (QED) is 0.752. The Morgan fingerprint density at radius 2 is 2.00 bits per heavy atom. The minimum Gasteiger partial charge on any atom is -0.348 e. The van der Waals surface area contributed by atoms with E-state index in [0.717, 1.165) is 0 Å². The van der Waals surface area contributed by atoms with E-state index < -0.39 is 15.4 Å². The van der Waals surface area contributed by atoms with Gasteiger partial charge in [0.25, 0.3) is 0 Å². The molecule has 8 nitrogen and oxygen atoms in total. The van der Waals surface area contributed by atoms with Crippen molar-refractivity contribution >= 4 is 21.9 Å². The lowest BCUT2D eigenvalue weighted by atomic mass is 9.74. The van der Waals surface area contributed by atoms with Crippen molar-refractivity contribution in [2.24, 2.45) is 11.3 Å². The monoisotopic (exact) mass is 381 g/mol. The molecule has 2 aliphatic heterocycles. The summed E-state index contributed by atoms with van der Waals surface area (Å²) < 4.78 is 26.5. The van der Waals surface area contributed by atoms with Gasteiger partial charge < -0.3 is 9.80 Å². The standard InChI is InChI=1S/C17H27N5O3S/c1-4-26(24,25)22-10-5-7-17(15(23)20(2)3)13-21(11-14(17)12-22)16-18-8-6-9-19-16/h6,8-9,14H,4-5,7,10-13H2,1-3H3/t14-,17+/m1/s1.